The topological polar surface area (TPSA) is 55.1 Å². The van der Waals surface area contributed by atoms with Crippen LogP contribution in [-0.4, -0.2) is 12.5 Å². The molecule has 2 rings (SSSR count). The summed E-state index contributed by atoms with van der Waals surface area (Å²) in [5.74, 6) is 4.73. The van der Waals surface area contributed by atoms with Crippen LogP contribution in [0.15, 0.2) is 42.5 Å². The number of carbonyl (C=O) groups excluding carboxylic acids is 1. The molecular weight excluding hydrogens is 291 g/mol. The van der Waals surface area contributed by atoms with E-state index in [4.69, 9.17) is 17.3 Å². The van der Waals surface area contributed by atoms with Crippen LogP contribution in [-0.2, 0) is 0 Å². The van der Waals surface area contributed by atoms with Crippen molar-refractivity contribution in [3.8, 4) is 11.8 Å². The minimum atomic E-state index is -0.509. The first-order valence-electron chi connectivity index (χ1n) is 6.15. The predicted molar refractivity (Wildman–Crippen MR) is 81.7 cm³/mol. The van der Waals surface area contributed by atoms with Crippen molar-refractivity contribution in [3.05, 3.63) is 64.4 Å². The van der Waals surface area contributed by atoms with Gasteiger partial charge in [-0.15, -0.1) is 0 Å². The Kier molecular flexibility index (Phi) is 4.94. The number of hydrogen-bond acceptors (Lipinski definition) is 2. The second-order valence-electron chi connectivity index (χ2n) is 4.20. The quantitative estimate of drug-likeness (QED) is 0.838. The van der Waals surface area contributed by atoms with Crippen molar-refractivity contribution in [1.82, 2.24) is 0 Å². The summed E-state index contributed by atoms with van der Waals surface area (Å²) in [6.07, 6.45) is 0. The molecule has 0 aliphatic carbocycles. The summed E-state index contributed by atoms with van der Waals surface area (Å²) in [6, 6.07) is 10.6. The molecule has 0 spiro atoms. The molecule has 106 valence electrons. The number of nitrogens with one attached hydrogen (secondary N) is 1. The van der Waals surface area contributed by atoms with Gasteiger partial charge < -0.3 is 11.1 Å². The van der Waals surface area contributed by atoms with Gasteiger partial charge in [0.2, 0.25) is 0 Å². The summed E-state index contributed by atoms with van der Waals surface area (Å²) in [5, 5.41) is 2.80. The lowest BCUT2D eigenvalue weighted by atomic mass is 10.1. The van der Waals surface area contributed by atoms with E-state index in [0.29, 0.717) is 11.3 Å². The number of nitrogens with two attached hydrogens (primary N) is 1. The molecule has 0 aliphatic rings. The molecule has 0 unspecified atom stereocenters. The van der Waals surface area contributed by atoms with E-state index in [-0.39, 0.29) is 17.5 Å². The number of rotatable bonds is 2. The van der Waals surface area contributed by atoms with Gasteiger partial charge in [0.25, 0.3) is 5.91 Å². The maximum atomic E-state index is 13.2. The zero-order valence-electron chi connectivity index (χ0n) is 11.0. The van der Waals surface area contributed by atoms with E-state index < -0.39 is 5.82 Å². The summed E-state index contributed by atoms with van der Waals surface area (Å²) in [4.78, 5) is 12.0. The molecule has 0 fully saturated rings. The Morgan fingerprint density at radius 1 is 1.24 bits per heavy atom. The monoisotopic (exact) mass is 302 g/mol. The van der Waals surface area contributed by atoms with Gasteiger partial charge in [0, 0.05) is 21.8 Å². The molecule has 0 aromatic heterocycles. The average molecular weight is 303 g/mol. The number of benzene rings is 2. The van der Waals surface area contributed by atoms with E-state index in [1.807, 2.05) is 0 Å². The van der Waals surface area contributed by atoms with E-state index in [1.165, 1.54) is 18.2 Å². The molecule has 3 N–H and O–H groups in total. The third kappa shape index (κ3) is 4.32. The van der Waals surface area contributed by atoms with Crippen molar-refractivity contribution in [2.45, 2.75) is 0 Å². The lowest BCUT2D eigenvalue weighted by Gasteiger charge is -2.06. The highest BCUT2D eigenvalue weighted by atomic mass is 35.5. The zero-order valence-corrected chi connectivity index (χ0v) is 11.7. The van der Waals surface area contributed by atoms with E-state index in [1.54, 1.807) is 24.3 Å². The molecule has 0 saturated carbocycles. The summed E-state index contributed by atoms with van der Waals surface area (Å²) < 4.78 is 13.2. The predicted octanol–water partition coefficient (Wildman–Crippen LogP) is 3.04. The molecule has 3 nitrogen and oxygen atoms in total. The van der Waals surface area contributed by atoms with Crippen LogP contribution < -0.4 is 11.1 Å². The lowest BCUT2D eigenvalue weighted by molar-refractivity contribution is 0.102. The van der Waals surface area contributed by atoms with E-state index in [9.17, 15) is 9.18 Å². The maximum absolute atomic E-state index is 13.2. The van der Waals surface area contributed by atoms with Crippen LogP contribution in [0.25, 0.3) is 0 Å². The molecule has 1 amide bonds. The molecule has 5 heteroatoms. The number of halogens is 2. The summed E-state index contributed by atoms with van der Waals surface area (Å²) in [5.41, 5.74) is 6.80. The zero-order chi connectivity index (χ0) is 15.2. The summed E-state index contributed by atoms with van der Waals surface area (Å²) in [6.45, 7) is 0.280. The first-order valence-corrected chi connectivity index (χ1v) is 6.53. The second-order valence-corrected chi connectivity index (χ2v) is 4.63. The van der Waals surface area contributed by atoms with Crippen molar-refractivity contribution >= 4 is 23.2 Å². The Labute approximate surface area is 126 Å². The van der Waals surface area contributed by atoms with Crippen molar-refractivity contribution < 1.29 is 9.18 Å². The SMILES string of the molecule is NCC#Cc1ccc(C(=O)Nc2cc(F)cc(Cl)c2)cc1. The average Bonchev–Trinajstić information content (AvgIpc) is 2.44. The molecule has 0 aliphatic heterocycles. The standard InChI is InChI=1S/C16H12ClFN2O/c17-13-8-14(18)10-15(9-13)20-16(21)12-5-3-11(4-6-12)2-1-7-19/h3-6,8-10H,7,19H2,(H,20,21). The van der Waals surface area contributed by atoms with E-state index in [0.717, 1.165) is 5.56 Å². The van der Waals surface area contributed by atoms with Gasteiger partial charge in [0.15, 0.2) is 0 Å². The van der Waals surface area contributed by atoms with Crippen molar-refractivity contribution in [2.24, 2.45) is 5.73 Å². The Morgan fingerprint density at radius 3 is 2.57 bits per heavy atom. The Hall–Kier alpha value is -2.35. The number of hydrogen-bond donors (Lipinski definition) is 2. The van der Waals surface area contributed by atoms with Crippen LogP contribution in [0, 0.1) is 17.7 Å². The van der Waals surface area contributed by atoms with Gasteiger partial charge in [-0.05, 0) is 42.5 Å². The molecule has 0 saturated heterocycles. The maximum Gasteiger partial charge on any atom is 0.255 e. The first kappa shape index (κ1) is 15.0. The fourth-order valence-electron chi connectivity index (χ4n) is 1.69. The van der Waals surface area contributed by atoms with Crippen molar-refractivity contribution in [1.29, 1.82) is 0 Å². The molecule has 0 bridgehead atoms. The van der Waals surface area contributed by atoms with Gasteiger partial charge in [0.05, 0.1) is 6.54 Å². The largest absolute Gasteiger partial charge is 0.322 e. The third-order valence-electron chi connectivity index (χ3n) is 2.60. The Balaban J connectivity index is 2.13. The van der Waals surface area contributed by atoms with Crippen molar-refractivity contribution in [3.63, 3.8) is 0 Å². The first-order chi connectivity index (χ1) is 10.1. The van der Waals surface area contributed by atoms with Crippen LogP contribution in [0.3, 0.4) is 0 Å². The highest BCUT2D eigenvalue weighted by Crippen LogP contribution is 2.18. The van der Waals surface area contributed by atoms with Crippen LogP contribution in [0.2, 0.25) is 5.02 Å². The van der Waals surface area contributed by atoms with Crippen LogP contribution in [0.1, 0.15) is 15.9 Å². The fraction of sp³-hybridized carbons (Fsp3) is 0.0625. The molecular formula is C16H12ClFN2O. The highest BCUT2D eigenvalue weighted by molar-refractivity contribution is 6.31. The van der Waals surface area contributed by atoms with E-state index in [2.05, 4.69) is 17.2 Å². The molecule has 2 aromatic carbocycles. The van der Waals surface area contributed by atoms with Gasteiger partial charge >= 0.3 is 0 Å². The van der Waals surface area contributed by atoms with Crippen LogP contribution in [0.4, 0.5) is 10.1 Å². The Bertz CT molecular complexity index is 697. The third-order valence-corrected chi connectivity index (χ3v) is 2.82. The fourth-order valence-corrected chi connectivity index (χ4v) is 1.91. The number of carbonyl (C=O) groups is 1. The molecule has 0 radical (unpaired) electrons. The van der Waals surface area contributed by atoms with Crippen LogP contribution >= 0.6 is 11.6 Å². The minimum Gasteiger partial charge on any atom is -0.322 e. The van der Waals surface area contributed by atoms with Gasteiger partial charge in [-0.2, -0.15) is 0 Å². The minimum absolute atomic E-state index is 0.220. The summed E-state index contributed by atoms with van der Waals surface area (Å²) >= 11 is 5.73. The number of anilines is 1. The summed E-state index contributed by atoms with van der Waals surface area (Å²) in [7, 11) is 0. The normalized spacial score (nSPS) is 9.67. The highest BCUT2D eigenvalue weighted by Gasteiger charge is 2.07. The smallest absolute Gasteiger partial charge is 0.255 e. The van der Waals surface area contributed by atoms with Gasteiger partial charge in [0.1, 0.15) is 5.82 Å². The number of amides is 1. The van der Waals surface area contributed by atoms with Gasteiger partial charge in [-0.3, -0.25) is 4.79 Å². The van der Waals surface area contributed by atoms with Crippen LogP contribution in [0.5, 0.6) is 0 Å². The molecule has 0 heterocycles. The lowest BCUT2D eigenvalue weighted by Crippen LogP contribution is -2.11. The second kappa shape index (κ2) is 6.89. The van der Waals surface area contributed by atoms with Crippen molar-refractivity contribution in [2.75, 3.05) is 11.9 Å². The molecule has 2 aromatic rings. The van der Waals surface area contributed by atoms with Gasteiger partial charge in [-0.1, -0.05) is 23.4 Å². The molecule has 21 heavy (non-hydrogen) atoms. The van der Waals surface area contributed by atoms with Gasteiger partial charge in [-0.25, -0.2) is 4.39 Å². The Morgan fingerprint density at radius 2 is 1.95 bits per heavy atom. The van der Waals surface area contributed by atoms with E-state index >= 15 is 0 Å². The molecule has 0 atom stereocenters.